The second-order valence-corrected chi connectivity index (χ2v) is 5.30. The molecule has 1 aliphatic rings. The molecule has 2 rings (SSSR count). The molecule has 5 heteroatoms. The summed E-state index contributed by atoms with van der Waals surface area (Å²) in [6.07, 6.45) is -1.31. The molecule has 0 heterocycles. The van der Waals surface area contributed by atoms with Crippen molar-refractivity contribution in [1.29, 1.82) is 0 Å². The zero-order valence-corrected chi connectivity index (χ0v) is 10.9. The highest BCUT2D eigenvalue weighted by atomic mass is 19.4. The summed E-state index contributed by atoms with van der Waals surface area (Å²) in [7, 11) is 0. The number of hydrogen-bond acceptors (Lipinski definition) is 2. The Labute approximate surface area is 111 Å². The first kappa shape index (κ1) is 14.3. The SMILES string of the molecule is CC1CCCC1C(NN)c1ccccc1C(F)(F)F. The summed E-state index contributed by atoms with van der Waals surface area (Å²) in [6.45, 7) is 2.08. The molecule has 19 heavy (non-hydrogen) atoms. The number of rotatable bonds is 3. The molecule has 1 aromatic rings. The molecule has 3 atom stereocenters. The van der Waals surface area contributed by atoms with Crippen LogP contribution in [0.25, 0.3) is 0 Å². The van der Waals surface area contributed by atoms with Gasteiger partial charge in [-0.1, -0.05) is 38.0 Å². The molecule has 1 aliphatic carbocycles. The minimum Gasteiger partial charge on any atom is -0.271 e. The van der Waals surface area contributed by atoms with Crippen LogP contribution in [0.2, 0.25) is 0 Å². The molecule has 3 N–H and O–H groups in total. The summed E-state index contributed by atoms with van der Waals surface area (Å²) < 4.78 is 39.2. The van der Waals surface area contributed by atoms with Crippen LogP contribution in [0.3, 0.4) is 0 Å². The second-order valence-electron chi connectivity index (χ2n) is 5.30. The fourth-order valence-electron chi connectivity index (χ4n) is 3.14. The maximum absolute atomic E-state index is 13.1. The zero-order chi connectivity index (χ0) is 14.0. The van der Waals surface area contributed by atoms with E-state index in [1.807, 2.05) is 0 Å². The van der Waals surface area contributed by atoms with Gasteiger partial charge in [0.05, 0.1) is 5.56 Å². The molecule has 0 aromatic heterocycles. The Morgan fingerprint density at radius 1 is 1.26 bits per heavy atom. The van der Waals surface area contributed by atoms with Gasteiger partial charge in [0.15, 0.2) is 0 Å². The molecule has 0 aliphatic heterocycles. The van der Waals surface area contributed by atoms with Crippen molar-refractivity contribution in [2.45, 2.75) is 38.4 Å². The van der Waals surface area contributed by atoms with Crippen LogP contribution in [0, 0.1) is 11.8 Å². The van der Waals surface area contributed by atoms with Gasteiger partial charge in [-0.3, -0.25) is 11.3 Å². The van der Waals surface area contributed by atoms with Crippen LogP contribution in [0.1, 0.15) is 43.4 Å². The minimum absolute atomic E-state index is 0.161. The Balaban J connectivity index is 2.38. The van der Waals surface area contributed by atoms with E-state index in [2.05, 4.69) is 12.3 Å². The summed E-state index contributed by atoms with van der Waals surface area (Å²) >= 11 is 0. The van der Waals surface area contributed by atoms with Gasteiger partial charge in [0.2, 0.25) is 0 Å². The van der Waals surface area contributed by atoms with Crippen molar-refractivity contribution >= 4 is 0 Å². The lowest BCUT2D eigenvalue weighted by Crippen LogP contribution is -2.36. The molecule has 1 fully saturated rings. The van der Waals surface area contributed by atoms with Gasteiger partial charge in [0.25, 0.3) is 0 Å². The second kappa shape index (κ2) is 5.51. The van der Waals surface area contributed by atoms with Crippen LogP contribution in [-0.4, -0.2) is 0 Å². The molecular formula is C14H19F3N2. The lowest BCUT2D eigenvalue weighted by Gasteiger charge is -2.28. The normalized spacial score (nSPS) is 25.5. The molecule has 0 amide bonds. The first-order valence-corrected chi connectivity index (χ1v) is 6.57. The Kier molecular flexibility index (Phi) is 4.16. The molecule has 1 saturated carbocycles. The molecule has 0 saturated heterocycles. The van der Waals surface area contributed by atoms with Crippen molar-refractivity contribution in [1.82, 2.24) is 5.43 Å². The van der Waals surface area contributed by atoms with Crippen LogP contribution in [0.15, 0.2) is 24.3 Å². The van der Waals surface area contributed by atoms with Gasteiger partial charge < -0.3 is 0 Å². The minimum atomic E-state index is -4.34. The van der Waals surface area contributed by atoms with E-state index in [0.717, 1.165) is 25.3 Å². The van der Waals surface area contributed by atoms with Gasteiger partial charge in [-0.15, -0.1) is 0 Å². The van der Waals surface area contributed by atoms with Crippen molar-refractivity contribution in [3.8, 4) is 0 Å². The average molecular weight is 272 g/mol. The zero-order valence-electron chi connectivity index (χ0n) is 10.9. The van der Waals surface area contributed by atoms with E-state index >= 15 is 0 Å². The van der Waals surface area contributed by atoms with E-state index in [-0.39, 0.29) is 11.5 Å². The Bertz CT molecular complexity index is 431. The lowest BCUT2D eigenvalue weighted by atomic mass is 9.84. The van der Waals surface area contributed by atoms with Crippen molar-refractivity contribution < 1.29 is 13.2 Å². The van der Waals surface area contributed by atoms with Crippen molar-refractivity contribution in [3.05, 3.63) is 35.4 Å². The van der Waals surface area contributed by atoms with E-state index < -0.39 is 17.8 Å². The van der Waals surface area contributed by atoms with E-state index in [1.54, 1.807) is 6.07 Å². The fraction of sp³-hybridized carbons (Fsp3) is 0.571. The van der Waals surface area contributed by atoms with Gasteiger partial charge in [-0.25, -0.2) is 0 Å². The van der Waals surface area contributed by atoms with E-state index in [1.165, 1.54) is 12.1 Å². The maximum Gasteiger partial charge on any atom is 0.416 e. The van der Waals surface area contributed by atoms with Gasteiger partial charge in [0, 0.05) is 6.04 Å². The van der Waals surface area contributed by atoms with Gasteiger partial charge >= 0.3 is 6.18 Å². The van der Waals surface area contributed by atoms with Crippen molar-refractivity contribution in [2.24, 2.45) is 17.7 Å². The maximum atomic E-state index is 13.1. The Morgan fingerprint density at radius 2 is 1.95 bits per heavy atom. The molecule has 106 valence electrons. The summed E-state index contributed by atoms with van der Waals surface area (Å²) in [6, 6.07) is 5.26. The fourth-order valence-corrected chi connectivity index (χ4v) is 3.14. The number of nitrogens with one attached hydrogen (secondary N) is 1. The Hall–Kier alpha value is -1.07. The highest BCUT2D eigenvalue weighted by molar-refractivity contribution is 5.33. The third-order valence-electron chi connectivity index (χ3n) is 4.14. The summed E-state index contributed by atoms with van der Waals surface area (Å²) in [5.74, 6) is 6.09. The molecule has 0 bridgehead atoms. The van der Waals surface area contributed by atoms with Crippen LogP contribution >= 0.6 is 0 Å². The number of hydrazine groups is 1. The molecule has 2 nitrogen and oxygen atoms in total. The van der Waals surface area contributed by atoms with Crippen LogP contribution < -0.4 is 11.3 Å². The number of hydrogen-bond donors (Lipinski definition) is 2. The van der Waals surface area contributed by atoms with Gasteiger partial charge in [0.1, 0.15) is 0 Å². The summed E-state index contributed by atoms with van der Waals surface area (Å²) in [5, 5.41) is 0. The highest BCUT2D eigenvalue weighted by Gasteiger charge is 2.38. The summed E-state index contributed by atoms with van der Waals surface area (Å²) in [4.78, 5) is 0. The van der Waals surface area contributed by atoms with E-state index in [0.29, 0.717) is 5.92 Å². The van der Waals surface area contributed by atoms with Crippen LogP contribution in [0.4, 0.5) is 13.2 Å². The van der Waals surface area contributed by atoms with Crippen molar-refractivity contribution in [2.75, 3.05) is 0 Å². The topological polar surface area (TPSA) is 38.0 Å². The third-order valence-corrected chi connectivity index (χ3v) is 4.14. The van der Waals surface area contributed by atoms with Crippen LogP contribution in [0.5, 0.6) is 0 Å². The number of halogens is 3. The number of alkyl halides is 3. The largest absolute Gasteiger partial charge is 0.416 e. The summed E-state index contributed by atoms with van der Waals surface area (Å²) in [5.41, 5.74) is 2.28. The predicted octanol–water partition coefficient (Wildman–Crippen LogP) is 3.65. The quantitative estimate of drug-likeness (QED) is 0.651. The first-order chi connectivity index (χ1) is 8.95. The van der Waals surface area contributed by atoms with Gasteiger partial charge in [-0.2, -0.15) is 13.2 Å². The molecule has 1 aromatic carbocycles. The average Bonchev–Trinajstić information content (AvgIpc) is 2.76. The van der Waals surface area contributed by atoms with Crippen molar-refractivity contribution in [3.63, 3.8) is 0 Å². The molecule has 3 unspecified atom stereocenters. The number of nitrogens with two attached hydrogens (primary N) is 1. The lowest BCUT2D eigenvalue weighted by molar-refractivity contribution is -0.138. The third kappa shape index (κ3) is 2.92. The standard InChI is InChI=1S/C14H19F3N2/c1-9-5-4-7-10(9)13(19-18)11-6-2-3-8-12(11)14(15,16)17/h2-3,6,8-10,13,19H,4-5,7,18H2,1H3. The molecule has 0 spiro atoms. The monoisotopic (exact) mass is 272 g/mol. The number of benzene rings is 1. The smallest absolute Gasteiger partial charge is 0.271 e. The van der Waals surface area contributed by atoms with Gasteiger partial charge in [-0.05, 0) is 29.9 Å². The molecule has 0 radical (unpaired) electrons. The first-order valence-electron chi connectivity index (χ1n) is 6.57. The van der Waals surface area contributed by atoms with E-state index in [4.69, 9.17) is 5.84 Å². The highest BCUT2D eigenvalue weighted by Crippen LogP contribution is 2.43. The van der Waals surface area contributed by atoms with E-state index in [9.17, 15) is 13.2 Å². The Morgan fingerprint density at radius 3 is 2.47 bits per heavy atom. The molecular weight excluding hydrogens is 253 g/mol. The predicted molar refractivity (Wildman–Crippen MR) is 68.0 cm³/mol. The van der Waals surface area contributed by atoms with Crippen LogP contribution in [-0.2, 0) is 6.18 Å².